The van der Waals surface area contributed by atoms with E-state index < -0.39 is 11.0 Å². The Morgan fingerprint density at radius 2 is 1.69 bits per heavy atom. The van der Waals surface area contributed by atoms with E-state index in [1.807, 2.05) is 41.5 Å². The Morgan fingerprint density at radius 3 is 2.31 bits per heavy atom. The second kappa shape index (κ2) is 7.63. The largest absolute Gasteiger partial charge is 0.507 e. The lowest BCUT2D eigenvalue weighted by atomic mass is 9.88. The first-order valence-corrected chi connectivity index (χ1v) is 11.9. The predicted molar refractivity (Wildman–Crippen MR) is 129 cm³/mol. The van der Waals surface area contributed by atoms with Crippen LogP contribution in [0.25, 0.3) is 22.1 Å². The molecule has 3 N–H and O–H groups in total. The van der Waals surface area contributed by atoms with Crippen LogP contribution in [0, 0.1) is 0 Å². The highest BCUT2D eigenvalue weighted by Crippen LogP contribution is 2.59. The van der Waals surface area contributed by atoms with Gasteiger partial charge in [0, 0.05) is 12.0 Å². The monoisotopic (exact) mass is 482 g/mol. The number of fused-ring (bicyclic) bond motifs is 5. The Balaban J connectivity index is 0.00000124. The Hall–Kier alpha value is -3.23. The van der Waals surface area contributed by atoms with Crippen molar-refractivity contribution in [3.8, 4) is 34.1 Å². The number of rotatable bonds is 3. The molecule has 3 unspecified atom stereocenters. The maximum atomic E-state index is 13.6. The van der Waals surface area contributed by atoms with E-state index in [-0.39, 0.29) is 57.7 Å². The lowest BCUT2D eigenvalue weighted by Gasteiger charge is -2.31. The smallest absolute Gasteiger partial charge is 0.204 e. The standard InChI is InChI=1S/C25H24O8.C2H6/c1-24(2)15(32-24)8-11-18(28)16-19(29)12(10-5-6-13(26)14(27)7-10)9-30-21(16)17-20(11)33-25(3,4)23-22(17)31-23;1-2/h5-7,9,15,22-23,26-28H,8H2,1-4H3;1-2H3. The maximum absolute atomic E-state index is 13.6. The summed E-state index contributed by atoms with van der Waals surface area (Å²) < 4.78 is 23.9. The summed E-state index contributed by atoms with van der Waals surface area (Å²) in [5.74, 6) is -0.385. The van der Waals surface area contributed by atoms with Crippen LogP contribution in [-0.4, -0.2) is 38.7 Å². The third-order valence-corrected chi connectivity index (χ3v) is 6.95. The Labute approximate surface area is 202 Å². The van der Waals surface area contributed by atoms with Gasteiger partial charge in [-0.25, -0.2) is 0 Å². The quantitative estimate of drug-likeness (QED) is 0.354. The van der Waals surface area contributed by atoms with Crippen LogP contribution in [0.2, 0.25) is 0 Å². The van der Waals surface area contributed by atoms with Gasteiger partial charge in [0.15, 0.2) is 17.1 Å². The lowest BCUT2D eigenvalue weighted by molar-refractivity contribution is 0.0710. The minimum atomic E-state index is -0.601. The predicted octanol–water partition coefficient (Wildman–Crippen LogP) is 4.93. The van der Waals surface area contributed by atoms with Gasteiger partial charge in [-0.2, -0.15) is 0 Å². The van der Waals surface area contributed by atoms with Gasteiger partial charge in [-0.05, 0) is 45.4 Å². The van der Waals surface area contributed by atoms with E-state index in [1.165, 1.54) is 24.5 Å². The second-order valence-electron chi connectivity index (χ2n) is 10.1. The molecule has 4 heterocycles. The molecule has 0 saturated carbocycles. The molecule has 6 rings (SSSR count). The lowest BCUT2D eigenvalue weighted by Crippen LogP contribution is -2.38. The summed E-state index contributed by atoms with van der Waals surface area (Å²) in [4.78, 5) is 13.6. The average Bonchev–Trinajstić information content (AvgIpc) is 3.71. The van der Waals surface area contributed by atoms with Crippen molar-refractivity contribution in [1.82, 2.24) is 0 Å². The van der Waals surface area contributed by atoms with E-state index in [0.717, 1.165) is 0 Å². The average molecular weight is 483 g/mol. The van der Waals surface area contributed by atoms with Gasteiger partial charge in [0.05, 0.1) is 22.8 Å². The van der Waals surface area contributed by atoms with Crippen molar-refractivity contribution in [2.75, 3.05) is 0 Å². The molecule has 1 aromatic heterocycles. The van der Waals surface area contributed by atoms with Gasteiger partial charge in [0.2, 0.25) is 5.43 Å². The van der Waals surface area contributed by atoms with Crippen LogP contribution in [-0.2, 0) is 15.9 Å². The molecule has 2 saturated heterocycles. The topological polar surface area (TPSA) is 125 Å². The number of ether oxygens (including phenoxy) is 3. The highest BCUT2D eigenvalue weighted by Gasteiger charge is 2.59. The summed E-state index contributed by atoms with van der Waals surface area (Å²) in [6, 6.07) is 4.06. The molecular weight excluding hydrogens is 452 g/mol. The van der Waals surface area contributed by atoms with Gasteiger partial charge in [0.25, 0.3) is 0 Å². The van der Waals surface area contributed by atoms with Crippen molar-refractivity contribution < 1.29 is 33.9 Å². The minimum absolute atomic E-state index is 0.0322. The molecule has 0 radical (unpaired) electrons. The van der Waals surface area contributed by atoms with Crippen LogP contribution in [0.5, 0.6) is 23.0 Å². The van der Waals surface area contributed by atoms with E-state index >= 15 is 0 Å². The third kappa shape index (κ3) is 3.54. The van der Waals surface area contributed by atoms with Gasteiger partial charge < -0.3 is 33.9 Å². The summed E-state index contributed by atoms with van der Waals surface area (Å²) in [6.07, 6.45) is 1.05. The van der Waals surface area contributed by atoms with E-state index in [2.05, 4.69) is 0 Å². The molecule has 0 spiro atoms. The van der Waals surface area contributed by atoms with Crippen LogP contribution < -0.4 is 10.2 Å². The van der Waals surface area contributed by atoms with E-state index in [1.54, 1.807) is 0 Å². The zero-order valence-electron chi connectivity index (χ0n) is 20.6. The number of phenolic OH excluding ortho intramolecular Hbond substituents is 3. The van der Waals surface area contributed by atoms with Crippen molar-refractivity contribution in [2.45, 2.75) is 77.5 Å². The molecule has 3 atom stereocenters. The first-order chi connectivity index (χ1) is 16.5. The number of epoxide rings is 2. The summed E-state index contributed by atoms with van der Waals surface area (Å²) in [5.41, 5.74) is 0.453. The number of hydrogen-bond donors (Lipinski definition) is 3. The summed E-state index contributed by atoms with van der Waals surface area (Å²) in [5, 5.41) is 30.9. The third-order valence-electron chi connectivity index (χ3n) is 6.95. The number of benzene rings is 2. The summed E-state index contributed by atoms with van der Waals surface area (Å²) >= 11 is 0. The SMILES string of the molecule is CC.CC1(C)OC1Cc1c2c(c3occ(-c4ccc(O)c(O)c4)c(=O)c3c1O)C1OC1C(C)(C)O2. The highest BCUT2D eigenvalue weighted by atomic mass is 16.6. The Bertz CT molecular complexity index is 1400. The molecule has 2 fully saturated rings. The fourth-order valence-electron chi connectivity index (χ4n) is 4.85. The van der Waals surface area contributed by atoms with Crippen LogP contribution >= 0.6 is 0 Å². The molecule has 0 aliphatic carbocycles. The summed E-state index contributed by atoms with van der Waals surface area (Å²) in [6.45, 7) is 11.8. The van der Waals surface area contributed by atoms with Gasteiger partial charge >= 0.3 is 0 Å². The fraction of sp³-hybridized carbons (Fsp3) is 0.444. The number of aromatic hydroxyl groups is 3. The van der Waals surface area contributed by atoms with E-state index in [9.17, 15) is 20.1 Å². The number of phenols is 3. The first kappa shape index (κ1) is 23.5. The molecule has 3 aliphatic rings. The maximum Gasteiger partial charge on any atom is 0.204 e. The zero-order chi connectivity index (χ0) is 25.4. The molecule has 186 valence electrons. The molecule has 0 bridgehead atoms. The van der Waals surface area contributed by atoms with Gasteiger partial charge in [-0.1, -0.05) is 19.9 Å². The van der Waals surface area contributed by atoms with Gasteiger partial charge in [-0.3, -0.25) is 4.79 Å². The van der Waals surface area contributed by atoms with Gasteiger partial charge in [0.1, 0.15) is 41.0 Å². The van der Waals surface area contributed by atoms with Crippen LogP contribution in [0.3, 0.4) is 0 Å². The molecule has 8 heteroatoms. The van der Waals surface area contributed by atoms with Crippen molar-refractivity contribution in [3.63, 3.8) is 0 Å². The van der Waals surface area contributed by atoms with E-state index in [0.29, 0.717) is 28.9 Å². The Morgan fingerprint density at radius 1 is 1.00 bits per heavy atom. The van der Waals surface area contributed by atoms with Gasteiger partial charge in [-0.15, -0.1) is 0 Å². The molecule has 35 heavy (non-hydrogen) atoms. The molecule has 8 nitrogen and oxygen atoms in total. The highest BCUT2D eigenvalue weighted by molar-refractivity contribution is 5.93. The first-order valence-electron chi connectivity index (χ1n) is 11.9. The molecule has 0 amide bonds. The fourth-order valence-corrected chi connectivity index (χ4v) is 4.85. The van der Waals surface area contributed by atoms with Crippen LogP contribution in [0.15, 0.2) is 33.7 Å². The molecule has 3 aliphatic heterocycles. The Kier molecular flexibility index (Phi) is 5.13. The van der Waals surface area contributed by atoms with Crippen molar-refractivity contribution in [1.29, 1.82) is 0 Å². The summed E-state index contributed by atoms with van der Waals surface area (Å²) in [7, 11) is 0. The van der Waals surface area contributed by atoms with Crippen molar-refractivity contribution >= 4 is 11.0 Å². The zero-order valence-corrected chi connectivity index (χ0v) is 20.6. The molecule has 3 aromatic rings. The van der Waals surface area contributed by atoms with E-state index in [4.69, 9.17) is 18.6 Å². The molecular formula is C27H30O8. The molecule has 2 aromatic carbocycles. The normalized spacial score (nSPS) is 24.5. The van der Waals surface area contributed by atoms with Crippen LogP contribution in [0.1, 0.15) is 58.8 Å². The minimum Gasteiger partial charge on any atom is -0.507 e. The van der Waals surface area contributed by atoms with Crippen LogP contribution in [0.4, 0.5) is 0 Å². The second-order valence-corrected chi connectivity index (χ2v) is 10.1. The number of hydrogen-bond acceptors (Lipinski definition) is 8. The van der Waals surface area contributed by atoms with Crippen molar-refractivity contribution in [3.05, 3.63) is 45.8 Å². The van der Waals surface area contributed by atoms with Crippen molar-refractivity contribution in [2.24, 2.45) is 0 Å².